The predicted octanol–water partition coefficient (Wildman–Crippen LogP) is 1.52. The van der Waals surface area contributed by atoms with Crippen LogP contribution in [0.2, 0.25) is 0 Å². The molecule has 0 bridgehead atoms. The third kappa shape index (κ3) is 2.56. The van der Waals surface area contributed by atoms with Crippen LogP contribution >= 0.6 is 0 Å². The number of allylic oxidation sites excluding steroid dienone is 2. The van der Waals surface area contributed by atoms with Crippen LogP contribution in [0.1, 0.15) is 15.9 Å². The van der Waals surface area contributed by atoms with E-state index in [1.54, 1.807) is 30.3 Å². The highest BCUT2D eigenvalue weighted by molar-refractivity contribution is 6.21. The Labute approximate surface area is 169 Å². The van der Waals surface area contributed by atoms with Gasteiger partial charge in [0.1, 0.15) is 0 Å². The molecule has 7 heteroatoms. The lowest BCUT2D eigenvalue weighted by Gasteiger charge is -2.03. The number of hydrogen-bond acceptors (Lipinski definition) is 5. The van der Waals surface area contributed by atoms with Gasteiger partial charge in [-0.15, -0.1) is 13.2 Å². The summed E-state index contributed by atoms with van der Waals surface area (Å²) in [7, 11) is 0. The Morgan fingerprint density at radius 2 is 1.30 bits per heavy atom. The molecule has 0 spiro atoms. The summed E-state index contributed by atoms with van der Waals surface area (Å²) in [5.41, 5.74) is -2.54. The highest BCUT2D eigenvalue weighted by atomic mass is 16.2. The van der Waals surface area contributed by atoms with E-state index in [0.717, 1.165) is 9.13 Å². The first-order valence-electron chi connectivity index (χ1n) is 9.17. The number of ketones is 1. The Bertz CT molecular complexity index is 1560. The molecule has 0 N–H and O–H groups in total. The van der Waals surface area contributed by atoms with E-state index in [9.17, 15) is 24.0 Å². The summed E-state index contributed by atoms with van der Waals surface area (Å²) in [5.74, 6) is -0.515. The van der Waals surface area contributed by atoms with Crippen LogP contribution in [0.15, 0.2) is 80.9 Å². The third-order valence-electron chi connectivity index (χ3n) is 5.08. The molecule has 4 aromatic rings. The smallest absolute Gasteiger partial charge is 0.262 e. The topological polar surface area (TPSA) is 95.2 Å². The van der Waals surface area contributed by atoms with Crippen LogP contribution < -0.4 is 22.2 Å². The van der Waals surface area contributed by atoms with Crippen LogP contribution in [-0.4, -0.2) is 14.9 Å². The maximum atomic E-state index is 13.2. The molecule has 0 atom stereocenters. The van der Waals surface area contributed by atoms with E-state index in [1.807, 2.05) is 0 Å². The van der Waals surface area contributed by atoms with Crippen molar-refractivity contribution in [3.8, 4) is 0 Å². The number of nitrogens with zero attached hydrogens (tertiary/aromatic N) is 2. The summed E-state index contributed by atoms with van der Waals surface area (Å²) in [6.45, 7) is 6.94. The highest BCUT2D eigenvalue weighted by Gasteiger charge is 2.27. The van der Waals surface area contributed by atoms with Gasteiger partial charge in [0.15, 0.2) is 5.78 Å². The van der Waals surface area contributed by atoms with Gasteiger partial charge >= 0.3 is 0 Å². The van der Waals surface area contributed by atoms with E-state index < -0.39 is 28.0 Å². The normalized spacial score (nSPS) is 11.2. The van der Waals surface area contributed by atoms with E-state index in [-0.39, 0.29) is 40.2 Å². The van der Waals surface area contributed by atoms with Crippen molar-refractivity contribution < 1.29 is 4.79 Å². The molecule has 0 amide bonds. The predicted molar refractivity (Wildman–Crippen MR) is 115 cm³/mol. The van der Waals surface area contributed by atoms with Gasteiger partial charge in [-0.05, 0) is 6.07 Å². The first-order chi connectivity index (χ1) is 14.4. The number of benzene rings is 2. The van der Waals surface area contributed by atoms with E-state index in [1.165, 1.54) is 18.2 Å². The van der Waals surface area contributed by atoms with Crippen molar-refractivity contribution >= 4 is 27.3 Å². The van der Waals surface area contributed by atoms with Crippen molar-refractivity contribution in [2.24, 2.45) is 0 Å². The van der Waals surface area contributed by atoms with E-state index in [2.05, 4.69) is 13.2 Å². The minimum absolute atomic E-state index is 0.0540. The van der Waals surface area contributed by atoms with Crippen LogP contribution in [0.4, 0.5) is 0 Å². The first kappa shape index (κ1) is 19.2. The zero-order valence-corrected chi connectivity index (χ0v) is 15.9. The zero-order chi connectivity index (χ0) is 21.6. The average Bonchev–Trinajstić information content (AvgIpc) is 3.14. The van der Waals surface area contributed by atoms with Crippen molar-refractivity contribution in [3.63, 3.8) is 0 Å². The Morgan fingerprint density at radius 1 is 0.767 bits per heavy atom. The number of fused-ring (bicyclic) bond motifs is 3. The fourth-order valence-electron chi connectivity index (χ4n) is 3.76. The minimum Gasteiger partial charge on any atom is -0.289 e. The van der Waals surface area contributed by atoms with Crippen LogP contribution in [0.3, 0.4) is 0 Å². The molecule has 0 unspecified atom stereocenters. The van der Waals surface area contributed by atoms with Crippen LogP contribution in [0, 0.1) is 0 Å². The van der Waals surface area contributed by atoms with Crippen molar-refractivity contribution in [1.29, 1.82) is 0 Å². The lowest BCUT2D eigenvalue weighted by atomic mass is 9.96. The second-order valence-electron chi connectivity index (χ2n) is 6.81. The fourth-order valence-corrected chi connectivity index (χ4v) is 3.76. The molecule has 2 aromatic heterocycles. The quantitative estimate of drug-likeness (QED) is 0.361. The van der Waals surface area contributed by atoms with Gasteiger partial charge < -0.3 is 0 Å². The molecule has 2 heterocycles. The molecule has 4 rings (SSSR count). The molecule has 0 aliphatic carbocycles. The zero-order valence-electron chi connectivity index (χ0n) is 15.9. The average molecular weight is 400 g/mol. The molecule has 0 aliphatic rings. The molecule has 0 saturated heterocycles. The molecule has 0 radical (unpaired) electrons. The molecule has 0 saturated carbocycles. The Balaban J connectivity index is 2.26. The summed E-state index contributed by atoms with van der Waals surface area (Å²) in [4.78, 5) is 65.0. The summed E-state index contributed by atoms with van der Waals surface area (Å²) >= 11 is 0. The summed E-state index contributed by atoms with van der Waals surface area (Å²) < 4.78 is 1.84. The SMILES string of the molecule is C=CCn1c(=O)c2cc(C(=O)c3ccccc3)c3c(=O)n(CC=C)c(=O)c3c2c1=O. The number of hydrogen-bond donors (Lipinski definition) is 0. The van der Waals surface area contributed by atoms with Crippen molar-refractivity contribution in [2.75, 3.05) is 0 Å². The summed E-state index contributed by atoms with van der Waals surface area (Å²) in [6, 6.07) is 9.45. The fraction of sp³-hybridized carbons (Fsp3) is 0.0870. The molecule has 2 aromatic carbocycles. The monoisotopic (exact) mass is 400 g/mol. The van der Waals surface area contributed by atoms with Gasteiger partial charge in [-0.3, -0.25) is 33.1 Å². The number of rotatable bonds is 6. The largest absolute Gasteiger partial charge is 0.289 e. The molecule has 7 nitrogen and oxygen atoms in total. The maximum absolute atomic E-state index is 13.2. The lowest BCUT2D eigenvalue weighted by Crippen LogP contribution is -2.26. The van der Waals surface area contributed by atoms with Gasteiger partial charge in [0.05, 0.1) is 21.5 Å². The second kappa shape index (κ2) is 7.04. The van der Waals surface area contributed by atoms with Gasteiger partial charge in [-0.2, -0.15) is 0 Å². The van der Waals surface area contributed by atoms with Crippen molar-refractivity contribution in [1.82, 2.24) is 9.13 Å². The van der Waals surface area contributed by atoms with E-state index in [0.29, 0.717) is 5.56 Å². The van der Waals surface area contributed by atoms with Crippen LogP contribution in [-0.2, 0) is 13.1 Å². The maximum Gasteiger partial charge on any atom is 0.262 e. The van der Waals surface area contributed by atoms with Crippen LogP contribution in [0.5, 0.6) is 0 Å². The Morgan fingerprint density at radius 3 is 1.90 bits per heavy atom. The Hall–Kier alpha value is -4.13. The first-order valence-corrected chi connectivity index (χ1v) is 9.17. The van der Waals surface area contributed by atoms with Gasteiger partial charge in [-0.1, -0.05) is 42.5 Å². The summed E-state index contributed by atoms with van der Waals surface area (Å²) in [5, 5.41) is -0.576. The van der Waals surface area contributed by atoms with Gasteiger partial charge in [0.25, 0.3) is 22.2 Å². The molecule has 30 heavy (non-hydrogen) atoms. The number of aromatic nitrogens is 2. The second-order valence-corrected chi connectivity index (χ2v) is 6.81. The number of carbonyl (C=O) groups excluding carboxylic acids is 1. The molecule has 0 fully saturated rings. The van der Waals surface area contributed by atoms with Crippen molar-refractivity contribution in [3.05, 3.63) is 114 Å². The number of carbonyl (C=O) groups is 1. The highest BCUT2D eigenvalue weighted by Crippen LogP contribution is 2.24. The third-order valence-corrected chi connectivity index (χ3v) is 5.08. The standard InChI is InChI=1S/C23H16N2O5/c1-3-10-24-20(27)15-12-14(19(26)13-8-6-5-7-9-13)16-18(17(15)22(24)29)23(30)25(11-4-2)21(16)28/h3-9,12H,1-2,10-11H2. The van der Waals surface area contributed by atoms with Gasteiger partial charge in [0, 0.05) is 24.2 Å². The van der Waals surface area contributed by atoms with Crippen molar-refractivity contribution in [2.45, 2.75) is 13.1 Å². The van der Waals surface area contributed by atoms with E-state index >= 15 is 0 Å². The molecular formula is C23H16N2O5. The van der Waals surface area contributed by atoms with E-state index in [4.69, 9.17) is 0 Å². The van der Waals surface area contributed by atoms with Crippen LogP contribution in [0.25, 0.3) is 21.5 Å². The Kier molecular flexibility index (Phi) is 4.50. The summed E-state index contributed by atoms with van der Waals surface area (Å²) in [6.07, 6.45) is 2.76. The lowest BCUT2D eigenvalue weighted by molar-refractivity contribution is 0.104. The minimum atomic E-state index is -0.726. The molecule has 0 aliphatic heterocycles. The molecular weight excluding hydrogens is 384 g/mol. The molecule has 148 valence electrons. The van der Waals surface area contributed by atoms with Gasteiger partial charge in [-0.25, -0.2) is 0 Å². The van der Waals surface area contributed by atoms with Gasteiger partial charge in [0.2, 0.25) is 0 Å².